The molecule has 0 saturated heterocycles. The summed E-state index contributed by atoms with van der Waals surface area (Å²) >= 11 is 11.9. The zero-order valence-corrected chi connectivity index (χ0v) is 11.9. The molecular weight excluding hydrogens is 281 g/mol. The highest BCUT2D eigenvalue weighted by Gasteiger charge is 2.67. The molecule has 0 spiro atoms. The molecule has 0 heterocycles. The number of hydrogen-bond acceptors (Lipinski definition) is 1. The summed E-state index contributed by atoms with van der Waals surface area (Å²) in [5, 5.41) is 4.06. The number of fused-ring (bicyclic) bond motifs is 5. The van der Waals surface area contributed by atoms with Gasteiger partial charge in [-0.2, -0.15) is 0 Å². The molecule has 0 radical (unpaired) electrons. The first kappa shape index (κ1) is 12.0. The second kappa shape index (κ2) is 4.13. The van der Waals surface area contributed by atoms with Crippen LogP contribution >= 0.6 is 23.2 Å². The predicted octanol–water partition coefficient (Wildman–Crippen LogP) is 4.22. The van der Waals surface area contributed by atoms with Gasteiger partial charge >= 0.3 is 0 Å². The van der Waals surface area contributed by atoms with E-state index in [1.165, 1.54) is 19.3 Å². The molecule has 4 heteroatoms. The number of amides is 1. The molecule has 3 aliphatic rings. The van der Waals surface area contributed by atoms with Crippen molar-refractivity contribution < 1.29 is 4.79 Å². The molecule has 2 nitrogen and oxygen atoms in total. The summed E-state index contributed by atoms with van der Waals surface area (Å²) in [4.78, 5) is 12.3. The summed E-state index contributed by atoms with van der Waals surface area (Å²) in [6, 6.07) is 5.19. The lowest BCUT2D eigenvalue weighted by Crippen LogP contribution is -2.18. The van der Waals surface area contributed by atoms with Crippen LogP contribution in [-0.2, 0) is 4.79 Å². The Hall–Kier alpha value is -0.730. The van der Waals surface area contributed by atoms with Gasteiger partial charge in [0.1, 0.15) is 0 Å². The van der Waals surface area contributed by atoms with Gasteiger partial charge in [-0.05, 0) is 61.1 Å². The smallest absolute Gasteiger partial charge is 0.228 e. The number of anilines is 1. The lowest BCUT2D eigenvalue weighted by molar-refractivity contribution is -0.118. The van der Waals surface area contributed by atoms with Crippen LogP contribution in [0.1, 0.15) is 19.3 Å². The number of halogens is 2. The van der Waals surface area contributed by atoms with Crippen LogP contribution in [0.2, 0.25) is 10.0 Å². The van der Waals surface area contributed by atoms with Gasteiger partial charge < -0.3 is 5.32 Å². The fourth-order valence-corrected chi connectivity index (χ4v) is 4.94. The Morgan fingerprint density at radius 2 is 1.84 bits per heavy atom. The molecule has 3 fully saturated rings. The van der Waals surface area contributed by atoms with E-state index < -0.39 is 0 Å². The van der Waals surface area contributed by atoms with Crippen molar-refractivity contribution in [2.75, 3.05) is 5.32 Å². The normalized spacial score (nSPS) is 38.1. The Balaban J connectivity index is 1.48. The van der Waals surface area contributed by atoms with Crippen molar-refractivity contribution in [1.82, 2.24) is 0 Å². The maximum atomic E-state index is 12.3. The average Bonchev–Trinajstić information content (AvgIpc) is 2.82. The number of carbonyl (C=O) groups is 1. The topological polar surface area (TPSA) is 29.1 Å². The largest absolute Gasteiger partial charge is 0.325 e. The van der Waals surface area contributed by atoms with E-state index >= 15 is 0 Å². The fourth-order valence-electron chi connectivity index (χ4n) is 4.48. The number of benzene rings is 1. The van der Waals surface area contributed by atoms with E-state index in [-0.39, 0.29) is 11.8 Å². The molecule has 3 saturated carbocycles. The van der Waals surface area contributed by atoms with Gasteiger partial charge in [-0.1, -0.05) is 23.2 Å². The molecule has 1 amide bonds. The molecule has 0 unspecified atom stereocenters. The van der Waals surface area contributed by atoms with E-state index in [1.807, 2.05) is 0 Å². The van der Waals surface area contributed by atoms with Crippen LogP contribution in [0.5, 0.6) is 0 Å². The van der Waals surface area contributed by atoms with Crippen molar-refractivity contribution in [2.45, 2.75) is 19.3 Å². The van der Waals surface area contributed by atoms with Crippen LogP contribution < -0.4 is 5.32 Å². The highest BCUT2D eigenvalue weighted by Crippen LogP contribution is 2.69. The Morgan fingerprint density at radius 1 is 1.16 bits per heavy atom. The monoisotopic (exact) mass is 295 g/mol. The van der Waals surface area contributed by atoms with Crippen LogP contribution in [0.4, 0.5) is 5.69 Å². The van der Waals surface area contributed by atoms with Gasteiger partial charge in [0.15, 0.2) is 0 Å². The summed E-state index contributed by atoms with van der Waals surface area (Å²) in [5.41, 5.74) is 0.674. The van der Waals surface area contributed by atoms with Crippen molar-refractivity contribution in [3.8, 4) is 0 Å². The van der Waals surface area contributed by atoms with Crippen molar-refractivity contribution in [1.29, 1.82) is 0 Å². The van der Waals surface area contributed by atoms with Gasteiger partial charge in [0, 0.05) is 10.9 Å². The molecule has 19 heavy (non-hydrogen) atoms. The first-order valence-electron chi connectivity index (χ1n) is 6.91. The first-order chi connectivity index (χ1) is 9.15. The van der Waals surface area contributed by atoms with Crippen LogP contribution in [-0.4, -0.2) is 5.91 Å². The van der Waals surface area contributed by atoms with Gasteiger partial charge in [-0.15, -0.1) is 0 Å². The molecule has 0 aromatic heterocycles. The van der Waals surface area contributed by atoms with Crippen molar-refractivity contribution in [3.05, 3.63) is 28.2 Å². The minimum atomic E-state index is 0.149. The van der Waals surface area contributed by atoms with Gasteiger partial charge in [-0.25, -0.2) is 0 Å². The summed E-state index contributed by atoms with van der Waals surface area (Å²) in [5.74, 6) is 3.32. The summed E-state index contributed by atoms with van der Waals surface area (Å²) < 4.78 is 0. The zero-order chi connectivity index (χ0) is 13.1. The van der Waals surface area contributed by atoms with E-state index in [0.29, 0.717) is 27.6 Å². The third-order valence-corrected chi connectivity index (χ3v) is 5.77. The Morgan fingerprint density at radius 3 is 2.47 bits per heavy atom. The molecule has 2 bridgehead atoms. The quantitative estimate of drug-likeness (QED) is 0.869. The fraction of sp³-hybridized carbons (Fsp3) is 0.533. The van der Waals surface area contributed by atoms with Crippen molar-refractivity contribution in [2.24, 2.45) is 29.6 Å². The summed E-state index contributed by atoms with van der Waals surface area (Å²) in [6.07, 6.45) is 4.02. The van der Waals surface area contributed by atoms with Gasteiger partial charge in [0.05, 0.1) is 10.7 Å². The van der Waals surface area contributed by atoms with Crippen LogP contribution in [0.15, 0.2) is 18.2 Å². The predicted molar refractivity (Wildman–Crippen MR) is 76.4 cm³/mol. The van der Waals surface area contributed by atoms with Crippen molar-refractivity contribution in [3.63, 3.8) is 0 Å². The van der Waals surface area contributed by atoms with Crippen LogP contribution in [0.3, 0.4) is 0 Å². The van der Waals surface area contributed by atoms with E-state index in [4.69, 9.17) is 23.2 Å². The minimum Gasteiger partial charge on any atom is -0.325 e. The maximum Gasteiger partial charge on any atom is 0.228 e. The Bertz CT molecular complexity index is 543. The summed E-state index contributed by atoms with van der Waals surface area (Å²) in [7, 11) is 0. The van der Waals surface area contributed by atoms with E-state index in [0.717, 1.165) is 11.8 Å². The molecule has 1 aromatic carbocycles. The van der Waals surface area contributed by atoms with Crippen LogP contribution in [0, 0.1) is 29.6 Å². The lowest BCUT2D eigenvalue weighted by atomic mass is 10.0. The molecule has 100 valence electrons. The zero-order valence-electron chi connectivity index (χ0n) is 10.4. The standard InChI is InChI=1S/C15H15Cl2NO/c16-9-3-4-11(10(17)6-9)18-15(19)14-12-7-1-2-8(5-7)13(12)14/h3-4,6-8,12-14H,1-2,5H2,(H,18,19)/t7-,8-,12-,13-/m1/s1. The van der Waals surface area contributed by atoms with Gasteiger partial charge in [0.25, 0.3) is 0 Å². The second-order valence-corrected chi connectivity index (χ2v) is 6.97. The molecule has 4 atom stereocenters. The third kappa shape index (κ3) is 1.80. The number of rotatable bonds is 2. The third-order valence-electron chi connectivity index (χ3n) is 5.23. The molecule has 1 aromatic rings. The minimum absolute atomic E-state index is 0.149. The number of carbonyl (C=O) groups excluding carboxylic acids is 1. The molecule has 4 rings (SSSR count). The SMILES string of the molecule is O=C(Nc1ccc(Cl)cc1Cl)C1[C@@H]2[C@@H]3CC[C@H](C3)[C@@H]12. The molecule has 0 aliphatic heterocycles. The van der Waals surface area contributed by atoms with Crippen LogP contribution in [0.25, 0.3) is 0 Å². The first-order valence-corrected chi connectivity index (χ1v) is 7.66. The van der Waals surface area contributed by atoms with Gasteiger partial charge in [0.2, 0.25) is 5.91 Å². The second-order valence-electron chi connectivity index (χ2n) is 6.13. The van der Waals surface area contributed by atoms with E-state index in [1.54, 1.807) is 18.2 Å². The Labute approximate surface area is 122 Å². The number of nitrogens with one attached hydrogen (secondary N) is 1. The molecule has 1 N–H and O–H groups in total. The Kier molecular flexibility index (Phi) is 2.62. The van der Waals surface area contributed by atoms with E-state index in [9.17, 15) is 4.79 Å². The van der Waals surface area contributed by atoms with Gasteiger partial charge in [-0.3, -0.25) is 4.79 Å². The number of hydrogen-bond donors (Lipinski definition) is 1. The maximum absolute atomic E-state index is 12.3. The average molecular weight is 296 g/mol. The van der Waals surface area contributed by atoms with Crippen molar-refractivity contribution >= 4 is 34.8 Å². The van der Waals surface area contributed by atoms with E-state index in [2.05, 4.69) is 5.32 Å². The summed E-state index contributed by atoms with van der Waals surface area (Å²) in [6.45, 7) is 0. The lowest BCUT2D eigenvalue weighted by Gasteiger charge is -2.10. The molecule has 3 aliphatic carbocycles. The molecular formula is C15H15Cl2NO. The highest BCUT2D eigenvalue weighted by molar-refractivity contribution is 6.36. The highest BCUT2D eigenvalue weighted by atomic mass is 35.5.